The molecule has 2 aromatic rings. The SMILES string of the molecule is OC(Cc1ccc(Cl)cc1)Cn1cncn1. The summed E-state index contributed by atoms with van der Waals surface area (Å²) in [5, 5.41) is 14.5. The Labute approximate surface area is 98.5 Å². The zero-order valence-electron chi connectivity index (χ0n) is 8.62. The number of benzene rings is 1. The summed E-state index contributed by atoms with van der Waals surface area (Å²) < 4.78 is 1.61. The number of aromatic nitrogens is 3. The first-order chi connectivity index (χ1) is 7.74. The van der Waals surface area contributed by atoms with Crippen molar-refractivity contribution in [1.29, 1.82) is 0 Å². The minimum Gasteiger partial charge on any atom is -0.391 e. The number of aliphatic hydroxyl groups is 1. The van der Waals surface area contributed by atoms with Gasteiger partial charge in [0.25, 0.3) is 0 Å². The lowest BCUT2D eigenvalue weighted by molar-refractivity contribution is 0.149. The fourth-order valence-corrected chi connectivity index (χ4v) is 1.63. The van der Waals surface area contributed by atoms with E-state index in [1.54, 1.807) is 11.0 Å². The Bertz CT molecular complexity index is 427. The molecule has 5 heteroatoms. The van der Waals surface area contributed by atoms with Gasteiger partial charge in [-0.1, -0.05) is 23.7 Å². The molecule has 0 amide bonds. The summed E-state index contributed by atoms with van der Waals surface area (Å²) >= 11 is 5.78. The number of aliphatic hydroxyl groups excluding tert-OH is 1. The molecule has 84 valence electrons. The molecule has 1 aromatic carbocycles. The van der Waals surface area contributed by atoms with Gasteiger partial charge in [-0.15, -0.1) is 0 Å². The van der Waals surface area contributed by atoms with E-state index in [1.165, 1.54) is 6.33 Å². The van der Waals surface area contributed by atoms with Gasteiger partial charge in [-0.2, -0.15) is 5.10 Å². The van der Waals surface area contributed by atoms with Crippen LogP contribution in [0.1, 0.15) is 5.56 Å². The molecule has 2 rings (SSSR count). The first-order valence-electron chi connectivity index (χ1n) is 4.99. The molecule has 1 heterocycles. The Morgan fingerprint density at radius 1 is 1.31 bits per heavy atom. The smallest absolute Gasteiger partial charge is 0.137 e. The topological polar surface area (TPSA) is 50.9 Å². The third kappa shape index (κ3) is 3.05. The van der Waals surface area contributed by atoms with Crippen LogP contribution in [0.15, 0.2) is 36.9 Å². The average molecular weight is 238 g/mol. The maximum absolute atomic E-state index is 9.82. The van der Waals surface area contributed by atoms with E-state index in [2.05, 4.69) is 10.1 Å². The Hall–Kier alpha value is -1.39. The van der Waals surface area contributed by atoms with Gasteiger partial charge in [0.2, 0.25) is 0 Å². The lowest BCUT2D eigenvalue weighted by Crippen LogP contribution is -2.18. The van der Waals surface area contributed by atoms with Gasteiger partial charge >= 0.3 is 0 Å². The van der Waals surface area contributed by atoms with E-state index in [0.717, 1.165) is 5.56 Å². The molecule has 0 aliphatic heterocycles. The van der Waals surface area contributed by atoms with E-state index in [9.17, 15) is 5.11 Å². The largest absolute Gasteiger partial charge is 0.391 e. The number of nitrogens with zero attached hydrogens (tertiary/aromatic N) is 3. The van der Waals surface area contributed by atoms with Crippen molar-refractivity contribution in [2.24, 2.45) is 0 Å². The first-order valence-corrected chi connectivity index (χ1v) is 5.37. The van der Waals surface area contributed by atoms with E-state index in [0.29, 0.717) is 18.0 Å². The van der Waals surface area contributed by atoms with E-state index < -0.39 is 6.10 Å². The third-order valence-electron chi connectivity index (χ3n) is 2.25. The molecule has 16 heavy (non-hydrogen) atoms. The zero-order valence-corrected chi connectivity index (χ0v) is 9.38. The standard InChI is InChI=1S/C11H12ClN3O/c12-10-3-1-9(2-4-10)5-11(16)6-15-8-13-7-14-15/h1-4,7-8,11,16H,5-6H2. The van der Waals surface area contributed by atoms with Crippen LogP contribution in [0.2, 0.25) is 5.02 Å². The number of hydrogen-bond acceptors (Lipinski definition) is 3. The van der Waals surface area contributed by atoms with Crippen LogP contribution in [-0.2, 0) is 13.0 Å². The average Bonchev–Trinajstić information content (AvgIpc) is 2.74. The highest BCUT2D eigenvalue weighted by Crippen LogP contribution is 2.11. The van der Waals surface area contributed by atoms with Gasteiger partial charge in [-0.05, 0) is 17.7 Å². The summed E-state index contributed by atoms with van der Waals surface area (Å²) in [6.45, 7) is 0.447. The van der Waals surface area contributed by atoms with E-state index >= 15 is 0 Å². The van der Waals surface area contributed by atoms with Gasteiger partial charge in [0.15, 0.2) is 0 Å². The molecule has 0 fully saturated rings. The maximum Gasteiger partial charge on any atom is 0.137 e. The maximum atomic E-state index is 9.82. The van der Waals surface area contributed by atoms with Crippen LogP contribution >= 0.6 is 11.6 Å². The molecule has 0 aliphatic rings. The van der Waals surface area contributed by atoms with Crippen LogP contribution in [0.5, 0.6) is 0 Å². The van der Waals surface area contributed by atoms with E-state index in [1.807, 2.05) is 24.3 Å². The predicted molar refractivity (Wildman–Crippen MR) is 61.2 cm³/mol. The van der Waals surface area contributed by atoms with Crippen LogP contribution < -0.4 is 0 Å². The minimum atomic E-state index is -0.470. The zero-order chi connectivity index (χ0) is 11.4. The molecule has 1 N–H and O–H groups in total. The molecule has 1 aromatic heterocycles. The molecule has 0 saturated heterocycles. The van der Waals surface area contributed by atoms with Crippen LogP contribution in [0, 0.1) is 0 Å². The molecular weight excluding hydrogens is 226 g/mol. The van der Waals surface area contributed by atoms with Crippen LogP contribution in [0.3, 0.4) is 0 Å². The molecule has 0 spiro atoms. The lowest BCUT2D eigenvalue weighted by Gasteiger charge is -2.10. The van der Waals surface area contributed by atoms with Crippen molar-refractivity contribution >= 4 is 11.6 Å². The van der Waals surface area contributed by atoms with Gasteiger partial charge in [-0.25, -0.2) is 4.98 Å². The predicted octanol–water partition coefficient (Wildman–Crippen LogP) is 1.54. The number of hydrogen-bond donors (Lipinski definition) is 1. The van der Waals surface area contributed by atoms with Crippen molar-refractivity contribution in [2.45, 2.75) is 19.1 Å². The van der Waals surface area contributed by atoms with Gasteiger partial charge in [0.05, 0.1) is 12.6 Å². The first kappa shape index (κ1) is 11.1. The summed E-state index contributed by atoms with van der Waals surface area (Å²) in [5.74, 6) is 0. The summed E-state index contributed by atoms with van der Waals surface area (Å²) in [6, 6.07) is 7.46. The molecule has 0 aliphatic carbocycles. The Morgan fingerprint density at radius 3 is 2.69 bits per heavy atom. The highest BCUT2D eigenvalue weighted by atomic mass is 35.5. The normalized spacial score (nSPS) is 12.6. The number of halogens is 1. The van der Waals surface area contributed by atoms with Crippen LogP contribution in [0.4, 0.5) is 0 Å². The molecule has 4 nitrogen and oxygen atoms in total. The van der Waals surface area contributed by atoms with Crippen molar-refractivity contribution in [3.8, 4) is 0 Å². The minimum absolute atomic E-state index is 0.447. The molecule has 1 unspecified atom stereocenters. The van der Waals surface area contributed by atoms with Crippen LogP contribution in [-0.4, -0.2) is 26.0 Å². The van der Waals surface area contributed by atoms with Gasteiger partial charge in [-0.3, -0.25) is 4.68 Å². The number of rotatable bonds is 4. The van der Waals surface area contributed by atoms with Gasteiger partial charge in [0.1, 0.15) is 12.7 Å². The Morgan fingerprint density at radius 2 is 2.06 bits per heavy atom. The molecular formula is C11H12ClN3O. The lowest BCUT2D eigenvalue weighted by atomic mass is 10.1. The third-order valence-corrected chi connectivity index (χ3v) is 2.50. The van der Waals surface area contributed by atoms with Crippen molar-refractivity contribution < 1.29 is 5.11 Å². The summed E-state index contributed by atoms with van der Waals surface area (Å²) in [6.07, 6.45) is 3.15. The van der Waals surface area contributed by atoms with E-state index in [4.69, 9.17) is 11.6 Å². The van der Waals surface area contributed by atoms with Gasteiger partial charge in [0, 0.05) is 11.4 Å². The fourth-order valence-electron chi connectivity index (χ4n) is 1.50. The summed E-state index contributed by atoms with van der Waals surface area (Å²) in [4.78, 5) is 3.82. The van der Waals surface area contributed by atoms with E-state index in [-0.39, 0.29) is 0 Å². The second-order valence-electron chi connectivity index (χ2n) is 3.60. The molecule has 0 radical (unpaired) electrons. The Balaban J connectivity index is 1.92. The van der Waals surface area contributed by atoms with Crippen molar-refractivity contribution in [1.82, 2.24) is 14.8 Å². The highest BCUT2D eigenvalue weighted by molar-refractivity contribution is 6.30. The second kappa shape index (κ2) is 5.09. The quantitative estimate of drug-likeness (QED) is 0.878. The molecule has 1 atom stereocenters. The molecule has 0 bridgehead atoms. The van der Waals surface area contributed by atoms with Crippen LogP contribution in [0.25, 0.3) is 0 Å². The van der Waals surface area contributed by atoms with Crippen molar-refractivity contribution in [3.63, 3.8) is 0 Å². The highest BCUT2D eigenvalue weighted by Gasteiger charge is 2.06. The summed E-state index contributed by atoms with van der Waals surface area (Å²) in [5.41, 5.74) is 1.05. The monoisotopic (exact) mass is 237 g/mol. The van der Waals surface area contributed by atoms with Gasteiger partial charge < -0.3 is 5.11 Å². The molecule has 0 saturated carbocycles. The Kier molecular flexibility index (Phi) is 3.54. The summed E-state index contributed by atoms with van der Waals surface area (Å²) in [7, 11) is 0. The van der Waals surface area contributed by atoms with Crippen molar-refractivity contribution in [2.75, 3.05) is 0 Å². The second-order valence-corrected chi connectivity index (χ2v) is 4.04. The van der Waals surface area contributed by atoms with Crippen molar-refractivity contribution in [3.05, 3.63) is 47.5 Å². The fraction of sp³-hybridized carbons (Fsp3) is 0.273.